The number of esters is 1. The summed E-state index contributed by atoms with van der Waals surface area (Å²) < 4.78 is 5.04. The molecule has 0 N–H and O–H groups in total. The molecule has 1 aromatic rings. The number of ether oxygens (including phenoxy) is 1. The van der Waals surface area contributed by atoms with E-state index < -0.39 is 0 Å². The molecule has 82 valence electrons. The minimum Gasteiger partial charge on any atom is -0.466 e. The van der Waals surface area contributed by atoms with Crippen LogP contribution in [0.25, 0.3) is 0 Å². The fourth-order valence-electron chi connectivity index (χ4n) is 1.28. The molecule has 0 fully saturated rings. The maximum atomic E-state index is 11.0. The highest BCUT2D eigenvalue weighted by Gasteiger charge is 2.00. The Labute approximate surface area is 90.5 Å². The fraction of sp³-hybridized carbons (Fsp3) is 0.500. The fourth-order valence-corrected chi connectivity index (χ4v) is 1.28. The van der Waals surface area contributed by atoms with E-state index in [-0.39, 0.29) is 5.97 Å². The number of hydrogen-bond donors (Lipinski definition) is 0. The summed E-state index contributed by atoms with van der Waals surface area (Å²) in [7, 11) is 0. The second-order valence-corrected chi connectivity index (χ2v) is 3.44. The van der Waals surface area contributed by atoms with Crippen LogP contribution in [-0.2, 0) is 16.0 Å². The number of aromatic nitrogens is 1. The van der Waals surface area contributed by atoms with Crippen LogP contribution in [0.15, 0.2) is 24.5 Å². The van der Waals surface area contributed by atoms with E-state index in [9.17, 15) is 4.79 Å². The third-order valence-corrected chi connectivity index (χ3v) is 2.05. The molecule has 1 aromatic heterocycles. The van der Waals surface area contributed by atoms with Crippen LogP contribution in [0.2, 0.25) is 0 Å². The molecule has 15 heavy (non-hydrogen) atoms. The molecule has 0 bridgehead atoms. The number of nitrogens with zero attached hydrogens (tertiary/aromatic N) is 1. The van der Waals surface area contributed by atoms with Crippen molar-refractivity contribution in [3.05, 3.63) is 30.1 Å². The van der Waals surface area contributed by atoms with Crippen LogP contribution >= 0.6 is 0 Å². The maximum Gasteiger partial charge on any atom is 0.305 e. The van der Waals surface area contributed by atoms with Gasteiger partial charge in [0.15, 0.2) is 0 Å². The van der Waals surface area contributed by atoms with Crippen molar-refractivity contribution in [1.29, 1.82) is 0 Å². The Balaban J connectivity index is 2.10. The lowest BCUT2D eigenvalue weighted by Crippen LogP contribution is -2.05. The van der Waals surface area contributed by atoms with Crippen molar-refractivity contribution in [3.8, 4) is 0 Å². The molecule has 0 aliphatic rings. The standard InChI is InChI=1S/C12H17NO2/c1-2-5-12(14)15-9-4-7-11-6-3-8-13-10-11/h3,6,8,10H,2,4-5,7,9H2,1H3. The summed E-state index contributed by atoms with van der Waals surface area (Å²) in [6.45, 7) is 2.48. The molecule has 1 rings (SSSR count). The summed E-state index contributed by atoms with van der Waals surface area (Å²) in [5.41, 5.74) is 1.18. The topological polar surface area (TPSA) is 39.2 Å². The lowest BCUT2D eigenvalue weighted by atomic mass is 10.2. The van der Waals surface area contributed by atoms with E-state index in [0.29, 0.717) is 13.0 Å². The van der Waals surface area contributed by atoms with Crippen molar-refractivity contribution in [3.63, 3.8) is 0 Å². The van der Waals surface area contributed by atoms with E-state index in [1.807, 2.05) is 25.3 Å². The highest BCUT2D eigenvalue weighted by molar-refractivity contribution is 5.69. The normalized spacial score (nSPS) is 9.93. The first kappa shape index (κ1) is 11.7. The van der Waals surface area contributed by atoms with Gasteiger partial charge in [0, 0.05) is 18.8 Å². The van der Waals surface area contributed by atoms with Gasteiger partial charge in [-0.05, 0) is 30.9 Å². The molecule has 0 saturated heterocycles. The van der Waals surface area contributed by atoms with Crippen LogP contribution in [-0.4, -0.2) is 17.6 Å². The third-order valence-electron chi connectivity index (χ3n) is 2.05. The van der Waals surface area contributed by atoms with E-state index in [0.717, 1.165) is 19.3 Å². The number of pyridine rings is 1. The van der Waals surface area contributed by atoms with E-state index >= 15 is 0 Å². The molecule has 0 aliphatic heterocycles. The predicted molar refractivity (Wildman–Crippen MR) is 58.4 cm³/mol. The first-order valence-corrected chi connectivity index (χ1v) is 5.37. The monoisotopic (exact) mass is 207 g/mol. The third kappa shape index (κ3) is 5.15. The molecule has 1 heterocycles. The van der Waals surface area contributed by atoms with E-state index in [1.54, 1.807) is 6.20 Å². The molecule has 3 heteroatoms. The summed E-state index contributed by atoms with van der Waals surface area (Å²) in [5, 5.41) is 0. The molecule has 0 saturated carbocycles. The quantitative estimate of drug-likeness (QED) is 0.531. The van der Waals surface area contributed by atoms with Gasteiger partial charge in [0.05, 0.1) is 6.61 Å². The largest absolute Gasteiger partial charge is 0.466 e. The Morgan fingerprint density at radius 2 is 2.40 bits per heavy atom. The highest BCUT2D eigenvalue weighted by atomic mass is 16.5. The van der Waals surface area contributed by atoms with Crippen LogP contribution in [0.4, 0.5) is 0 Å². The van der Waals surface area contributed by atoms with Crippen molar-refractivity contribution >= 4 is 5.97 Å². The first-order valence-electron chi connectivity index (χ1n) is 5.37. The van der Waals surface area contributed by atoms with Gasteiger partial charge in [-0.25, -0.2) is 0 Å². The van der Waals surface area contributed by atoms with Gasteiger partial charge in [0.2, 0.25) is 0 Å². The van der Waals surface area contributed by atoms with Crippen LogP contribution in [0.5, 0.6) is 0 Å². The Morgan fingerprint density at radius 3 is 3.07 bits per heavy atom. The number of rotatable bonds is 6. The van der Waals surface area contributed by atoms with Crippen molar-refractivity contribution in [1.82, 2.24) is 4.98 Å². The van der Waals surface area contributed by atoms with Gasteiger partial charge in [-0.15, -0.1) is 0 Å². The van der Waals surface area contributed by atoms with Gasteiger partial charge < -0.3 is 4.74 Å². The predicted octanol–water partition coefficient (Wildman–Crippen LogP) is 2.36. The molecule has 0 atom stereocenters. The first-order chi connectivity index (χ1) is 7.33. The van der Waals surface area contributed by atoms with Crippen LogP contribution in [0, 0.1) is 0 Å². The SMILES string of the molecule is CCCC(=O)OCCCc1cccnc1. The molecule has 0 radical (unpaired) electrons. The summed E-state index contributed by atoms with van der Waals surface area (Å²) in [4.78, 5) is 15.0. The zero-order chi connectivity index (χ0) is 10.9. The Bertz CT molecular complexity index is 285. The van der Waals surface area contributed by atoms with Crippen molar-refractivity contribution in [2.75, 3.05) is 6.61 Å². The molecule has 0 aliphatic carbocycles. The molecule has 3 nitrogen and oxygen atoms in total. The van der Waals surface area contributed by atoms with E-state index in [2.05, 4.69) is 4.98 Å². The number of carbonyl (C=O) groups is 1. The van der Waals surface area contributed by atoms with Gasteiger partial charge in [-0.2, -0.15) is 0 Å². The number of aryl methyl sites for hydroxylation is 1. The molecular weight excluding hydrogens is 190 g/mol. The Hall–Kier alpha value is -1.38. The van der Waals surface area contributed by atoms with Gasteiger partial charge >= 0.3 is 5.97 Å². The summed E-state index contributed by atoms with van der Waals surface area (Å²) in [5.74, 6) is -0.0938. The van der Waals surface area contributed by atoms with Gasteiger partial charge in [-0.1, -0.05) is 13.0 Å². The molecule has 0 aromatic carbocycles. The second-order valence-electron chi connectivity index (χ2n) is 3.44. The highest BCUT2D eigenvalue weighted by Crippen LogP contribution is 2.01. The van der Waals surface area contributed by atoms with Crippen molar-refractivity contribution < 1.29 is 9.53 Å². The van der Waals surface area contributed by atoms with Gasteiger partial charge in [0.1, 0.15) is 0 Å². The van der Waals surface area contributed by atoms with E-state index in [1.165, 1.54) is 5.56 Å². The van der Waals surface area contributed by atoms with Crippen LogP contribution in [0.1, 0.15) is 31.7 Å². The summed E-state index contributed by atoms with van der Waals surface area (Å²) in [6.07, 6.45) is 6.74. The second kappa shape index (κ2) is 6.98. The Kier molecular flexibility index (Phi) is 5.44. The van der Waals surface area contributed by atoms with Gasteiger partial charge in [0.25, 0.3) is 0 Å². The number of carbonyl (C=O) groups excluding carboxylic acids is 1. The average Bonchev–Trinajstić information content (AvgIpc) is 2.26. The summed E-state index contributed by atoms with van der Waals surface area (Å²) in [6, 6.07) is 3.94. The van der Waals surface area contributed by atoms with Crippen LogP contribution in [0.3, 0.4) is 0 Å². The zero-order valence-electron chi connectivity index (χ0n) is 9.11. The lowest BCUT2D eigenvalue weighted by molar-refractivity contribution is -0.143. The van der Waals surface area contributed by atoms with E-state index in [4.69, 9.17) is 4.74 Å². The smallest absolute Gasteiger partial charge is 0.305 e. The average molecular weight is 207 g/mol. The molecule has 0 unspecified atom stereocenters. The van der Waals surface area contributed by atoms with Crippen molar-refractivity contribution in [2.45, 2.75) is 32.6 Å². The van der Waals surface area contributed by atoms with Gasteiger partial charge in [-0.3, -0.25) is 9.78 Å². The van der Waals surface area contributed by atoms with Crippen molar-refractivity contribution in [2.24, 2.45) is 0 Å². The molecule has 0 spiro atoms. The number of hydrogen-bond acceptors (Lipinski definition) is 3. The van der Waals surface area contributed by atoms with Crippen LogP contribution < -0.4 is 0 Å². The molecular formula is C12H17NO2. The summed E-state index contributed by atoms with van der Waals surface area (Å²) >= 11 is 0. The minimum atomic E-state index is -0.0938. The zero-order valence-corrected chi connectivity index (χ0v) is 9.11. The minimum absolute atomic E-state index is 0.0938. The molecule has 0 amide bonds. The maximum absolute atomic E-state index is 11.0. The lowest BCUT2D eigenvalue weighted by Gasteiger charge is -2.03. The Morgan fingerprint density at radius 1 is 1.53 bits per heavy atom.